The van der Waals surface area contributed by atoms with Gasteiger partial charge in [0.15, 0.2) is 0 Å². The lowest BCUT2D eigenvalue weighted by molar-refractivity contribution is -0.137. The molecule has 0 unspecified atom stereocenters. The van der Waals surface area contributed by atoms with Gasteiger partial charge in [0, 0.05) is 32.1 Å². The normalized spacial score (nSPS) is 14.9. The molecule has 0 aliphatic carbocycles. The van der Waals surface area contributed by atoms with Crippen LogP contribution >= 0.6 is 0 Å². The minimum atomic E-state index is -4.50. The Kier molecular flexibility index (Phi) is 7.04. The number of hydrogen-bond acceptors (Lipinski definition) is 4. The van der Waals surface area contributed by atoms with E-state index in [1.54, 1.807) is 26.5 Å². The molecular formula is C24H28F3N5O3. The maximum absolute atomic E-state index is 13.2. The number of aromatic nitrogens is 2. The number of halogens is 3. The Morgan fingerprint density at radius 2 is 1.89 bits per heavy atom. The lowest BCUT2D eigenvalue weighted by atomic mass is 9.96. The number of imidazole rings is 1. The predicted octanol–water partition coefficient (Wildman–Crippen LogP) is 4.81. The van der Waals surface area contributed by atoms with E-state index in [0.717, 1.165) is 12.1 Å². The summed E-state index contributed by atoms with van der Waals surface area (Å²) < 4.78 is 46.7. The van der Waals surface area contributed by atoms with Crippen molar-refractivity contribution in [1.29, 1.82) is 0 Å². The summed E-state index contributed by atoms with van der Waals surface area (Å²) in [5.41, 5.74) is -0.235. The van der Waals surface area contributed by atoms with Crippen LogP contribution in [0, 0.1) is 5.92 Å². The Morgan fingerprint density at radius 3 is 2.49 bits per heavy atom. The van der Waals surface area contributed by atoms with E-state index in [-0.39, 0.29) is 35.9 Å². The number of alkyl halides is 3. The molecule has 3 amide bonds. The van der Waals surface area contributed by atoms with Crippen molar-refractivity contribution >= 4 is 28.9 Å². The zero-order valence-electron chi connectivity index (χ0n) is 19.6. The molecule has 0 bridgehead atoms. The second-order valence-corrected chi connectivity index (χ2v) is 8.51. The molecule has 1 fully saturated rings. The molecule has 8 nitrogen and oxygen atoms in total. The molecule has 1 saturated heterocycles. The first-order valence-electron chi connectivity index (χ1n) is 11.7. The fourth-order valence-electron chi connectivity index (χ4n) is 4.36. The van der Waals surface area contributed by atoms with E-state index < -0.39 is 11.7 Å². The number of carbonyl (C=O) groups excluding carboxylic acids is 2. The van der Waals surface area contributed by atoms with Gasteiger partial charge in [-0.15, -0.1) is 0 Å². The SMILES string of the molecule is CCN(CC)C(=O)N1CCC(C(=O)Nc2nc3cc(C(F)(F)F)ccc3n2Cc2ccco2)CC1. The van der Waals surface area contributed by atoms with Crippen LogP contribution in [0.25, 0.3) is 11.0 Å². The molecule has 1 N–H and O–H groups in total. The Bertz CT molecular complexity index is 1180. The van der Waals surface area contributed by atoms with Gasteiger partial charge in [0.1, 0.15) is 5.76 Å². The molecule has 0 spiro atoms. The van der Waals surface area contributed by atoms with Crippen LogP contribution in [-0.4, -0.2) is 57.5 Å². The van der Waals surface area contributed by atoms with Crippen molar-refractivity contribution in [1.82, 2.24) is 19.4 Å². The number of nitrogens with zero attached hydrogens (tertiary/aromatic N) is 4. The van der Waals surface area contributed by atoms with Gasteiger partial charge in [-0.2, -0.15) is 13.2 Å². The average molecular weight is 492 g/mol. The van der Waals surface area contributed by atoms with Crippen LogP contribution in [0.2, 0.25) is 0 Å². The number of nitrogens with one attached hydrogen (secondary N) is 1. The van der Waals surface area contributed by atoms with Gasteiger partial charge in [-0.1, -0.05) is 0 Å². The van der Waals surface area contributed by atoms with E-state index in [2.05, 4.69) is 10.3 Å². The van der Waals surface area contributed by atoms with Crippen LogP contribution in [-0.2, 0) is 17.5 Å². The average Bonchev–Trinajstić information content (AvgIpc) is 3.47. The predicted molar refractivity (Wildman–Crippen MR) is 124 cm³/mol. The van der Waals surface area contributed by atoms with Gasteiger partial charge in [0.05, 0.1) is 29.4 Å². The van der Waals surface area contributed by atoms with Crippen molar-refractivity contribution in [3.63, 3.8) is 0 Å². The van der Waals surface area contributed by atoms with E-state index in [1.807, 2.05) is 13.8 Å². The molecule has 0 atom stereocenters. The fraction of sp³-hybridized carbons (Fsp3) is 0.458. The topological polar surface area (TPSA) is 83.6 Å². The summed E-state index contributed by atoms with van der Waals surface area (Å²) in [6, 6.07) is 6.74. The van der Waals surface area contributed by atoms with Crippen molar-refractivity contribution in [2.75, 3.05) is 31.5 Å². The van der Waals surface area contributed by atoms with Crippen LogP contribution in [0.3, 0.4) is 0 Å². The molecule has 4 rings (SSSR count). The number of anilines is 1. The van der Waals surface area contributed by atoms with Crippen molar-refractivity contribution < 1.29 is 27.2 Å². The number of amides is 3. The highest BCUT2D eigenvalue weighted by molar-refractivity contribution is 5.93. The van der Waals surface area contributed by atoms with E-state index >= 15 is 0 Å². The van der Waals surface area contributed by atoms with E-state index in [9.17, 15) is 22.8 Å². The van der Waals surface area contributed by atoms with Crippen molar-refractivity contribution in [3.05, 3.63) is 47.9 Å². The molecule has 1 aliphatic rings. The van der Waals surface area contributed by atoms with Crippen molar-refractivity contribution in [2.24, 2.45) is 5.92 Å². The summed E-state index contributed by atoms with van der Waals surface area (Å²) in [6.07, 6.45) is -2.01. The molecule has 0 saturated carbocycles. The minimum Gasteiger partial charge on any atom is -0.467 e. The molecule has 1 aromatic carbocycles. The van der Waals surface area contributed by atoms with E-state index in [4.69, 9.17) is 4.42 Å². The summed E-state index contributed by atoms with van der Waals surface area (Å²) in [4.78, 5) is 33.4. The monoisotopic (exact) mass is 491 g/mol. The number of rotatable bonds is 6. The number of benzene rings is 1. The van der Waals surface area contributed by atoms with Crippen LogP contribution in [0.4, 0.5) is 23.9 Å². The second-order valence-electron chi connectivity index (χ2n) is 8.51. The molecule has 188 valence electrons. The maximum Gasteiger partial charge on any atom is 0.416 e. The van der Waals surface area contributed by atoms with Gasteiger partial charge >= 0.3 is 12.2 Å². The summed E-state index contributed by atoms with van der Waals surface area (Å²) in [5, 5.41) is 2.81. The molecule has 0 radical (unpaired) electrons. The third-order valence-corrected chi connectivity index (χ3v) is 6.37. The number of piperidine rings is 1. The first-order valence-corrected chi connectivity index (χ1v) is 11.7. The smallest absolute Gasteiger partial charge is 0.416 e. The minimum absolute atomic E-state index is 0.0328. The van der Waals surface area contributed by atoms with Gasteiger partial charge in [-0.05, 0) is 57.0 Å². The molecule has 3 heterocycles. The number of fused-ring (bicyclic) bond motifs is 1. The van der Waals surface area contributed by atoms with Crippen LogP contribution < -0.4 is 5.32 Å². The highest BCUT2D eigenvalue weighted by Crippen LogP contribution is 2.32. The largest absolute Gasteiger partial charge is 0.467 e. The third-order valence-electron chi connectivity index (χ3n) is 6.37. The van der Waals surface area contributed by atoms with Crippen molar-refractivity contribution in [2.45, 2.75) is 39.4 Å². The zero-order valence-corrected chi connectivity index (χ0v) is 19.6. The molecular weight excluding hydrogens is 463 g/mol. The Morgan fingerprint density at radius 1 is 1.17 bits per heavy atom. The molecule has 1 aliphatic heterocycles. The highest BCUT2D eigenvalue weighted by atomic mass is 19.4. The Labute approximate surface area is 200 Å². The summed E-state index contributed by atoms with van der Waals surface area (Å²) in [7, 11) is 0. The Balaban J connectivity index is 1.53. The Hall–Kier alpha value is -3.50. The second kappa shape index (κ2) is 10.0. The van der Waals surface area contributed by atoms with Gasteiger partial charge in [0.2, 0.25) is 11.9 Å². The quantitative estimate of drug-likeness (QED) is 0.537. The summed E-state index contributed by atoms with van der Waals surface area (Å²) in [5.74, 6) is 0.121. The van der Waals surface area contributed by atoms with Crippen molar-refractivity contribution in [3.8, 4) is 0 Å². The van der Waals surface area contributed by atoms with E-state index in [0.29, 0.717) is 50.3 Å². The molecule has 11 heteroatoms. The van der Waals surface area contributed by atoms with Crippen LogP contribution in [0.5, 0.6) is 0 Å². The lowest BCUT2D eigenvalue weighted by Crippen LogP contribution is -2.47. The highest BCUT2D eigenvalue weighted by Gasteiger charge is 2.32. The number of urea groups is 1. The number of carbonyl (C=O) groups is 2. The van der Waals surface area contributed by atoms with Gasteiger partial charge < -0.3 is 18.8 Å². The molecule has 3 aromatic rings. The fourth-order valence-corrected chi connectivity index (χ4v) is 4.36. The van der Waals surface area contributed by atoms with E-state index in [1.165, 1.54) is 12.3 Å². The first-order chi connectivity index (χ1) is 16.7. The number of likely N-dealkylation sites (tertiary alicyclic amines) is 1. The molecule has 2 aromatic heterocycles. The van der Waals surface area contributed by atoms with Gasteiger partial charge in [-0.25, -0.2) is 9.78 Å². The number of hydrogen-bond donors (Lipinski definition) is 1. The van der Waals surface area contributed by atoms with Gasteiger partial charge in [0.25, 0.3) is 0 Å². The first kappa shape index (κ1) is 24.6. The maximum atomic E-state index is 13.2. The van der Waals surface area contributed by atoms with Crippen LogP contribution in [0.15, 0.2) is 41.0 Å². The summed E-state index contributed by atoms with van der Waals surface area (Å²) in [6.45, 7) is 6.22. The standard InChI is InChI=1S/C24H28F3N5O3/c1-3-30(4-2)23(34)31-11-9-16(10-12-31)21(33)29-22-28-19-14-17(24(25,26)27)7-8-20(19)32(22)15-18-6-5-13-35-18/h5-8,13-14,16H,3-4,9-12,15H2,1-2H3,(H,28,29,33). The van der Waals surface area contributed by atoms with Gasteiger partial charge in [-0.3, -0.25) is 10.1 Å². The molecule has 35 heavy (non-hydrogen) atoms. The zero-order chi connectivity index (χ0) is 25.2. The number of furan rings is 1. The lowest BCUT2D eigenvalue weighted by Gasteiger charge is -2.34. The third kappa shape index (κ3) is 5.28. The van der Waals surface area contributed by atoms with Crippen LogP contribution in [0.1, 0.15) is 38.0 Å². The summed E-state index contributed by atoms with van der Waals surface area (Å²) >= 11 is 0.